The standard InChI is InChI=1S/C31H35ClFN3O4S/c1-22-10-6-7-13-24(22)20-35(30(37)21-36(41(2,39)40)26-16-17-28(33)27(32)19-26)29(18-23-11-4-3-5-12-23)31(38)34-25-14-8-9-15-25/h3-7,10-13,16-17,19,25,29H,8-9,14-15,18,20-21H2,1-2H3,(H,34,38)/t29-/m0/s1. The van der Waals surface area contributed by atoms with Crippen LogP contribution in [0.15, 0.2) is 72.8 Å². The Morgan fingerprint density at radius 2 is 1.68 bits per heavy atom. The van der Waals surface area contributed by atoms with E-state index in [9.17, 15) is 22.4 Å². The van der Waals surface area contributed by atoms with Crippen LogP contribution < -0.4 is 9.62 Å². The van der Waals surface area contributed by atoms with Gasteiger partial charge in [-0.25, -0.2) is 12.8 Å². The molecule has 7 nitrogen and oxygen atoms in total. The predicted octanol–water partition coefficient (Wildman–Crippen LogP) is 5.25. The molecule has 2 amide bonds. The Morgan fingerprint density at radius 1 is 1.02 bits per heavy atom. The van der Waals surface area contributed by atoms with Gasteiger partial charge in [-0.1, -0.05) is 79.0 Å². The largest absolute Gasteiger partial charge is 0.352 e. The van der Waals surface area contributed by atoms with Crippen molar-refractivity contribution in [1.82, 2.24) is 10.2 Å². The van der Waals surface area contributed by atoms with Crippen LogP contribution in [0, 0.1) is 12.7 Å². The molecule has 0 aliphatic heterocycles. The second kappa shape index (κ2) is 13.5. The Labute approximate surface area is 246 Å². The van der Waals surface area contributed by atoms with Crippen LogP contribution in [0.2, 0.25) is 5.02 Å². The highest BCUT2D eigenvalue weighted by atomic mass is 35.5. The molecule has 41 heavy (non-hydrogen) atoms. The number of hydrogen-bond acceptors (Lipinski definition) is 4. The van der Waals surface area contributed by atoms with Crippen LogP contribution >= 0.6 is 11.6 Å². The number of aryl methyl sites for hydroxylation is 1. The molecule has 0 spiro atoms. The Hall–Kier alpha value is -3.43. The SMILES string of the molecule is Cc1ccccc1CN(C(=O)CN(c1ccc(F)c(Cl)c1)S(C)(=O)=O)[C@@H](Cc1ccccc1)C(=O)NC1CCCC1. The minimum Gasteiger partial charge on any atom is -0.352 e. The molecule has 4 rings (SSSR count). The zero-order chi connectivity index (χ0) is 29.6. The molecule has 0 heterocycles. The van der Waals surface area contributed by atoms with E-state index in [1.54, 1.807) is 0 Å². The number of carbonyl (C=O) groups is 2. The van der Waals surface area contributed by atoms with Crippen LogP contribution in [0.3, 0.4) is 0 Å². The molecule has 1 aliphatic rings. The molecule has 1 aliphatic carbocycles. The maximum atomic E-state index is 14.1. The van der Waals surface area contributed by atoms with E-state index in [0.29, 0.717) is 0 Å². The maximum absolute atomic E-state index is 14.1. The lowest BCUT2D eigenvalue weighted by Gasteiger charge is -2.34. The van der Waals surface area contributed by atoms with E-state index >= 15 is 0 Å². The van der Waals surface area contributed by atoms with Crippen LogP contribution in [0.1, 0.15) is 42.4 Å². The molecule has 0 unspecified atom stereocenters. The first-order chi connectivity index (χ1) is 19.5. The number of nitrogens with zero attached hydrogens (tertiary/aromatic N) is 2. The van der Waals surface area contributed by atoms with Gasteiger partial charge in [0.15, 0.2) is 0 Å². The summed E-state index contributed by atoms with van der Waals surface area (Å²) in [5.74, 6) is -1.55. The molecule has 1 saturated carbocycles. The highest BCUT2D eigenvalue weighted by Crippen LogP contribution is 2.26. The van der Waals surface area contributed by atoms with Crippen LogP contribution in [0.4, 0.5) is 10.1 Å². The third kappa shape index (κ3) is 8.07. The number of amides is 2. The van der Waals surface area contributed by atoms with E-state index in [2.05, 4.69) is 5.32 Å². The van der Waals surface area contributed by atoms with Gasteiger partial charge in [0.05, 0.1) is 17.0 Å². The molecule has 1 fully saturated rings. The van der Waals surface area contributed by atoms with Crippen LogP contribution in [-0.4, -0.2) is 50.0 Å². The summed E-state index contributed by atoms with van der Waals surface area (Å²) in [4.78, 5) is 29.5. The molecule has 3 aromatic carbocycles. The number of rotatable bonds is 11. The second-order valence-corrected chi connectivity index (χ2v) is 12.8. The number of carbonyl (C=O) groups excluding carboxylic acids is 2. The van der Waals surface area contributed by atoms with Gasteiger partial charge in [-0.05, 0) is 54.7 Å². The summed E-state index contributed by atoms with van der Waals surface area (Å²) in [6.07, 6.45) is 5.04. The fourth-order valence-corrected chi connectivity index (χ4v) is 6.16. The average molecular weight is 600 g/mol. The van der Waals surface area contributed by atoms with Crippen molar-refractivity contribution in [3.8, 4) is 0 Å². The van der Waals surface area contributed by atoms with E-state index in [0.717, 1.165) is 59.0 Å². The molecule has 218 valence electrons. The van der Waals surface area contributed by atoms with Crippen molar-refractivity contribution in [2.45, 2.75) is 57.7 Å². The van der Waals surface area contributed by atoms with E-state index in [-0.39, 0.29) is 35.6 Å². The summed E-state index contributed by atoms with van der Waals surface area (Å²) in [6, 6.07) is 19.6. The first-order valence-electron chi connectivity index (χ1n) is 13.6. The third-order valence-electron chi connectivity index (χ3n) is 7.44. The fraction of sp³-hybridized carbons (Fsp3) is 0.355. The summed E-state index contributed by atoms with van der Waals surface area (Å²) < 4.78 is 40.5. The summed E-state index contributed by atoms with van der Waals surface area (Å²) in [7, 11) is -3.98. The monoisotopic (exact) mass is 599 g/mol. The fourth-order valence-electron chi connectivity index (χ4n) is 5.15. The molecule has 0 saturated heterocycles. The Balaban J connectivity index is 1.74. The molecule has 0 aromatic heterocycles. The van der Waals surface area contributed by atoms with E-state index in [4.69, 9.17) is 11.6 Å². The van der Waals surface area contributed by atoms with Crippen molar-refractivity contribution >= 4 is 39.1 Å². The minimum absolute atomic E-state index is 0.0325. The first kappa shape index (κ1) is 30.5. The van der Waals surface area contributed by atoms with E-state index < -0.39 is 34.3 Å². The zero-order valence-electron chi connectivity index (χ0n) is 23.2. The predicted molar refractivity (Wildman–Crippen MR) is 160 cm³/mol. The van der Waals surface area contributed by atoms with Crippen molar-refractivity contribution < 1.29 is 22.4 Å². The average Bonchev–Trinajstić information content (AvgIpc) is 3.44. The molecular formula is C31H35ClFN3O4S. The van der Waals surface area contributed by atoms with Crippen LogP contribution in [-0.2, 0) is 32.6 Å². The molecular weight excluding hydrogens is 565 g/mol. The van der Waals surface area contributed by atoms with Gasteiger partial charge in [0.2, 0.25) is 21.8 Å². The zero-order valence-corrected chi connectivity index (χ0v) is 24.8. The number of nitrogens with one attached hydrogen (secondary N) is 1. The van der Waals surface area contributed by atoms with Gasteiger partial charge in [0.1, 0.15) is 18.4 Å². The minimum atomic E-state index is -3.98. The van der Waals surface area contributed by atoms with Crippen molar-refractivity contribution in [2.75, 3.05) is 17.1 Å². The van der Waals surface area contributed by atoms with E-state index in [1.165, 1.54) is 17.0 Å². The van der Waals surface area contributed by atoms with Gasteiger partial charge >= 0.3 is 0 Å². The van der Waals surface area contributed by atoms with Crippen molar-refractivity contribution in [1.29, 1.82) is 0 Å². The van der Waals surface area contributed by atoms with Gasteiger partial charge in [-0.3, -0.25) is 13.9 Å². The van der Waals surface area contributed by atoms with Crippen molar-refractivity contribution in [3.05, 3.63) is 100 Å². The summed E-state index contributed by atoms with van der Waals surface area (Å²) in [6.45, 7) is 1.43. The highest BCUT2D eigenvalue weighted by molar-refractivity contribution is 7.92. The van der Waals surface area contributed by atoms with Crippen LogP contribution in [0.25, 0.3) is 0 Å². The lowest BCUT2D eigenvalue weighted by Crippen LogP contribution is -2.54. The Bertz CT molecular complexity index is 1480. The normalized spacial score (nSPS) is 14.4. The second-order valence-electron chi connectivity index (χ2n) is 10.5. The molecule has 1 N–H and O–H groups in total. The number of anilines is 1. The highest BCUT2D eigenvalue weighted by Gasteiger charge is 2.34. The lowest BCUT2D eigenvalue weighted by atomic mass is 10.0. The summed E-state index contributed by atoms with van der Waals surface area (Å²) >= 11 is 5.95. The van der Waals surface area contributed by atoms with Gasteiger partial charge in [0.25, 0.3) is 0 Å². The van der Waals surface area contributed by atoms with Gasteiger partial charge in [-0.2, -0.15) is 0 Å². The number of halogens is 2. The van der Waals surface area contributed by atoms with Crippen molar-refractivity contribution in [2.24, 2.45) is 0 Å². The van der Waals surface area contributed by atoms with Gasteiger partial charge < -0.3 is 10.2 Å². The van der Waals surface area contributed by atoms with Crippen molar-refractivity contribution in [3.63, 3.8) is 0 Å². The molecule has 10 heteroatoms. The smallest absolute Gasteiger partial charge is 0.244 e. The molecule has 0 radical (unpaired) electrons. The quantitative estimate of drug-likeness (QED) is 0.326. The number of benzene rings is 3. The third-order valence-corrected chi connectivity index (χ3v) is 8.88. The van der Waals surface area contributed by atoms with Gasteiger partial charge in [-0.15, -0.1) is 0 Å². The summed E-state index contributed by atoms with van der Waals surface area (Å²) in [5, 5.41) is 2.87. The molecule has 3 aromatic rings. The Kier molecular flexibility index (Phi) is 10.0. The number of hydrogen-bond donors (Lipinski definition) is 1. The lowest BCUT2D eigenvalue weighted by molar-refractivity contribution is -0.140. The number of sulfonamides is 1. The molecule has 1 atom stereocenters. The summed E-state index contributed by atoms with van der Waals surface area (Å²) in [5.41, 5.74) is 2.69. The molecule has 0 bridgehead atoms. The first-order valence-corrected chi connectivity index (χ1v) is 15.9. The topological polar surface area (TPSA) is 86.8 Å². The van der Waals surface area contributed by atoms with Gasteiger partial charge in [0, 0.05) is 19.0 Å². The maximum Gasteiger partial charge on any atom is 0.244 e. The Morgan fingerprint density at radius 3 is 2.32 bits per heavy atom. The van der Waals surface area contributed by atoms with E-state index in [1.807, 2.05) is 61.5 Å². The van der Waals surface area contributed by atoms with Crippen LogP contribution in [0.5, 0.6) is 0 Å².